The summed E-state index contributed by atoms with van der Waals surface area (Å²) in [6.07, 6.45) is 8.10. The highest BCUT2D eigenvalue weighted by atomic mass is 16.5. The van der Waals surface area contributed by atoms with E-state index in [0.717, 1.165) is 17.8 Å². The average molecular weight is 427 g/mol. The van der Waals surface area contributed by atoms with Gasteiger partial charge in [0.2, 0.25) is 5.91 Å². The lowest BCUT2D eigenvalue weighted by molar-refractivity contribution is -0.147. The van der Waals surface area contributed by atoms with Crippen molar-refractivity contribution in [3.63, 3.8) is 0 Å². The minimum Gasteiger partial charge on any atom is -0.508 e. The van der Waals surface area contributed by atoms with Crippen molar-refractivity contribution >= 4 is 11.8 Å². The molecule has 6 heteroatoms. The highest BCUT2D eigenvalue weighted by Crippen LogP contribution is 2.61. The monoisotopic (exact) mass is 426 g/mol. The van der Waals surface area contributed by atoms with Gasteiger partial charge in [-0.1, -0.05) is 0 Å². The van der Waals surface area contributed by atoms with Gasteiger partial charge in [-0.15, -0.1) is 0 Å². The largest absolute Gasteiger partial charge is 0.508 e. The maximum Gasteiger partial charge on any atom is 0.263 e. The van der Waals surface area contributed by atoms with Gasteiger partial charge in [0.05, 0.1) is 0 Å². The van der Waals surface area contributed by atoms with Gasteiger partial charge in [-0.2, -0.15) is 0 Å². The van der Waals surface area contributed by atoms with E-state index in [-0.39, 0.29) is 17.1 Å². The number of piperazine rings is 1. The van der Waals surface area contributed by atoms with Crippen LogP contribution in [0.3, 0.4) is 0 Å². The van der Waals surface area contributed by atoms with Crippen molar-refractivity contribution in [2.75, 3.05) is 26.2 Å². The number of ether oxygens (including phenoxy) is 1. The number of nitrogens with zero attached hydrogens (tertiary/aromatic N) is 2. The third kappa shape index (κ3) is 4.26. The number of hydrogen-bond donors (Lipinski definition) is 1. The first kappa shape index (κ1) is 20.7. The molecule has 1 aromatic carbocycles. The van der Waals surface area contributed by atoms with E-state index in [1.54, 1.807) is 36.1 Å². The second kappa shape index (κ2) is 8.03. The van der Waals surface area contributed by atoms with Crippen molar-refractivity contribution in [3.8, 4) is 11.5 Å². The van der Waals surface area contributed by atoms with Crippen molar-refractivity contribution < 1.29 is 19.4 Å². The zero-order chi connectivity index (χ0) is 21.6. The normalized spacial score (nSPS) is 32.7. The fourth-order valence-electron chi connectivity index (χ4n) is 7.15. The SMILES string of the molecule is CC(Oc1ccc(O)cc1)C(=O)N1CCN(C(=O)CC23CC4CC(CC(C4)C2)C3)CC1. The number of phenols is 1. The molecule has 0 spiro atoms. The molecule has 6 rings (SSSR count). The van der Waals surface area contributed by atoms with Crippen molar-refractivity contribution in [3.05, 3.63) is 24.3 Å². The molecule has 1 aliphatic heterocycles. The van der Waals surface area contributed by atoms with Crippen LogP contribution in [-0.2, 0) is 9.59 Å². The van der Waals surface area contributed by atoms with Crippen LogP contribution < -0.4 is 4.74 Å². The van der Waals surface area contributed by atoms with Crippen LogP contribution in [0.25, 0.3) is 0 Å². The van der Waals surface area contributed by atoms with Gasteiger partial charge in [-0.3, -0.25) is 9.59 Å². The Labute approximate surface area is 184 Å². The molecule has 31 heavy (non-hydrogen) atoms. The Kier molecular flexibility index (Phi) is 5.35. The molecule has 0 radical (unpaired) electrons. The van der Waals surface area contributed by atoms with Gasteiger partial charge in [0.25, 0.3) is 5.91 Å². The lowest BCUT2D eigenvalue weighted by Crippen LogP contribution is -2.54. The molecule has 1 heterocycles. The maximum absolute atomic E-state index is 13.1. The summed E-state index contributed by atoms with van der Waals surface area (Å²) in [6, 6.07) is 6.39. The summed E-state index contributed by atoms with van der Waals surface area (Å²) in [5.41, 5.74) is 0.269. The van der Waals surface area contributed by atoms with Gasteiger partial charge in [-0.05, 0) is 92.9 Å². The Morgan fingerprint density at radius 1 is 0.968 bits per heavy atom. The summed E-state index contributed by atoms with van der Waals surface area (Å²) in [5.74, 6) is 3.56. The number of carbonyl (C=O) groups is 2. The Hall–Kier alpha value is -2.24. The molecule has 0 aromatic heterocycles. The molecule has 2 amide bonds. The number of rotatable bonds is 5. The summed E-state index contributed by atoms with van der Waals surface area (Å²) >= 11 is 0. The Balaban J connectivity index is 1.12. The molecule has 4 saturated carbocycles. The van der Waals surface area contributed by atoms with Crippen molar-refractivity contribution in [2.24, 2.45) is 23.2 Å². The van der Waals surface area contributed by atoms with Crippen LogP contribution in [0.15, 0.2) is 24.3 Å². The summed E-state index contributed by atoms with van der Waals surface area (Å²) in [5, 5.41) is 9.38. The number of amides is 2. The van der Waals surface area contributed by atoms with Crippen LogP contribution in [0.2, 0.25) is 0 Å². The summed E-state index contributed by atoms with van der Waals surface area (Å²) in [7, 11) is 0. The number of carbonyl (C=O) groups excluding carboxylic acids is 2. The third-order valence-electron chi connectivity index (χ3n) is 8.13. The van der Waals surface area contributed by atoms with E-state index >= 15 is 0 Å². The quantitative estimate of drug-likeness (QED) is 0.783. The molecule has 1 unspecified atom stereocenters. The maximum atomic E-state index is 13.1. The summed E-state index contributed by atoms with van der Waals surface area (Å²) < 4.78 is 5.73. The topological polar surface area (TPSA) is 70.1 Å². The van der Waals surface area contributed by atoms with Gasteiger partial charge in [-0.25, -0.2) is 0 Å². The van der Waals surface area contributed by atoms with Gasteiger partial charge in [0.1, 0.15) is 11.5 Å². The smallest absolute Gasteiger partial charge is 0.263 e. The second-order valence-corrected chi connectivity index (χ2v) is 10.6. The molecular formula is C25H34N2O4. The molecule has 5 aliphatic rings. The first-order valence-electron chi connectivity index (χ1n) is 11.9. The van der Waals surface area contributed by atoms with Gasteiger partial charge in [0.15, 0.2) is 6.10 Å². The van der Waals surface area contributed by atoms with E-state index in [4.69, 9.17) is 4.74 Å². The molecule has 168 valence electrons. The molecule has 5 fully saturated rings. The van der Waals surface area contributed by atoms with Crippen molar-refractivity contribution in [1.82, 2.24) is 9.80 Å². The highest BCUT2D eigenvalue weighted by Gasteiger charge is 2.51. The number of benzene rings is 1. The third-order valence-corrected chi connectivity index (χ3v) is 8.13. The van der Waals surface area contributed by atoms with Crippen molar-refractivity contribution in [2.45, 2.75) is 58.0 Å². The Morgan fingerprint density at radius 2 is 1.48 bits per heavy atom. The van der Waals surface area contributed by atoms with E-state index in [1.807, 2.05) is 4.90 Å². The number of aromatic hydroxyl groups is 1. The van der Waals surface area contributed by atoms with Crippen molar-refractivity contribution in [1.29, 1.82) is 0 Å². The molecule has 4 aliphatic carbocycles. The summed E-state index contributed by atoms with van der Waals surface area (Å²) in [4.78, 5) is 29.7. The number of phenolic OH excluding ortho intramolecular Hbond substituents is 1. The van der Waals surface area contributed by atoms with E-state index in [0.29, 0.717) is 44.3 Å². The standard InChI is InChI=1S/C25H34N2O4/c1-17(31-22-4-2-21(28)3-5-22)24(30)27-8-6-26(7-9-27)23(29)16-25-13-18-10-19(14-25)12-20(11-18)15-25/h2-5,17-20,28H,6-16H2,1H3. The van der Waals surface area contributed by atoms with Crippen LogP contribution in [0.5, 0.6) is 11.5 Å². The molecule has 1 aromatic rings. The second-order valence-electron chi connectivity index (χ2n) is 10.6. The van der Waals surface area contributed by atoms with Crippen LogP contribution in [0.1, 0.15) is 51.9 Å². The highest BCUT2D eigenvalue weighted by molar-refractivity contribution is 5.82. The lowest BCUT2D eigenvalue weighted by Gasteiger charge is -2.57. The van der Waals surface area contributed by atoms with E-state index in [1.165, 1.54) is 38.5 Å². The first-order chi connectivity index (χ1) is 14.9. The van der Waals surface area contributed by atoms with E-state index < -0.39 is 6.10 Å². The fourth-order valence-corrected chi connectivity index (χ4v) is 7.15. The van der Waals surface area contributed by atoms with E-state index in [2.05, 4.69) is 0 Å². The zero-order valence-corrected chi connectivity index (χ0v) is 18.5. The zero-order valence-electron chi connectivity index (χ0n) is 18.5. The molecule has 4 bridgehead atoms. The fraction of sp³-hybridized carbons (Fsp3) is 0.680. The van der Waals surface area contributed by atoms with Crippen LogP contribution in [0.4, 0.5) is 0 Å². The lowest BCUT2D eigenvalue weighted by atomic mass is 9.49. The molecule has 1 saturated heterocycles. The number of hydrogen-bond acceptors (Lipinski definition) is 4. The van der Waals surface area contributed by atoms with Crippen LogP contribution in [0, 0.1) is 23.2 Å². The average Bonchev–Trinajstić information content (AvgIpc) is 2.73. The predicted octanol–water partition coefficient (Wildman–Crippen LogP) is 3.44. The minimum atomic E-state index is -0.598. The predicted molar refractivity (Wildman–Crippen MR) is 117 cm³/mol. The van der Waals surface area contributed by atoms with Crippen LogP contribution in [-0.4, -0.2) is 59.0 Å². The van der Waals surface area contributed by atoms with Crippen LogP contribution >= 0.6 is 0 Å². The van der Waals surface area contributed by atoms with E-state index in [9.17, 15) is 14.7 Å². The molecule has 1 atom stereocenters. The Morgan fingerprint density at radius 3 is 2.03 bits per heavy atom. The Bertz CT molecular complexity index is 793. The molecular weight excluding hydrogens is 392 g/mol. The van der Waals surface area contributed by atoms with Gasteiger partial charge in [0, 0.05) is 32.6 Å². The van der Waals surface area contributed by atoms with Gasteiger partial charge < -0.3 is 19.6 Å². The molecule has 1 N–H and O–H groups in total. The summed E-state index contributed by atoms with van der Waals surface area (Å²) in [6.45, 7) is 4.11. The minimum absolute atomic E-state index is 0.0544. The van der Waals surface area contributed by atoms with Gasteiger partial charge >= 0.3 is 0 Å². The molecule has 6 nitrogen and oxygen atoms in total. The first-order valence-corrected chi connectivity index (χ1v) is 11.9.